The number of hydrogen-bond acceptors (Lipinski definition) is 4. The third-order valence-corrected chi connectivity index (χ3v) is 5.91. The van der Waals surface area contributed by atoms with Gasteiger partial charge in [-0.2, -0.15) is 0 Å². The number of carbonyl (C=O) groups excluding carboxylic acids is 1. The third-order valence-electron chi connectivity index (χ3n) is 5.91. The molecule has 4 nitrogen and oxygen atoms in total. The summed E-state index contributed by atoms with van der Waals surface area (Å²) in [6.07, 6.45) is 3.93. The second-order valence-electron chi connectivity index (χ2n) is 6.95. The largest absolute Gasteiger partial charge is 0.462 e. The Morgan fingerprint density at radius 3 is 2.45 bits per heavy atom. The maximum Gasteiger partial charge on any atom is 0.312 e. The number of likely N-dealkylation sites (tertiary alicyclic amines) is 1. The summed E-state index contributed by atoms with van der Waals surface area (Å²) in [5.74, 6) is 1.76. The van der Waals surface area contributed by atoms with Crippen LogP contribution in [0.3, 0.4) is 0 Å². The van der Waals surface area contributed by atoms with Gasteiger partial charge in [-0.3, -0.25) is 4.79 Å². The number of hydrogen-bond donors (Lipinski definition) is 1. The van der Waals surface area contributed by atoms with E-state index in [1.54, 1.807) is 0 Å². The van der Waals surface area contributed by atoms with Crippen LogP contribution in [0.4, 0.5) is 0 Å². The average molecular weight is 280 g/mol. The van der Waals surface area contributed by atoms with Crippen molar-refractivity contribution in [2.75, 3.05) is 32.7 Å². The molecule has 0 saturated carbocycles. The molecule has 3 aliphatic rings. The summed E-state index contributed by atoms with van der Waals surface area (Å²) < 4.78 is 5.63. The number of nitrogens with zero attached hydrogens (tertiary/aromatic N) is 1. The van der Waals surface area contributed by atoms with Gasteiger partial charge in [0.05, 0.1) is 5.41 Å². The van der Waals surface area contributed by atoms with Gasteiger partial charge in [-0.05, 0) is 44.2 Å². The van der Waals surface area contributed by atoms with Gasteiger partial charge in [0, 0.05) is 26.1 Å². The molecule has 114 valence electrons. The molecule has 3 fully saturated rings. The quantitative estimate of drug-likeness (QED) is 0.778. The highest BCUT2D eigenvalue weighted by Crippen LogP contribution is 2.41. The van der Waals surface area contributed by atoms with Crippen molar-refractivity contribution in [3.63, 3.8) is 0 Å². The van der Waals surface area contributed by atoms with Crippen LogP contribution in [0.2, 0.25) is 0 Å². The second kappa shape index (κ2) is 5.64. The van der Waals surface area contributed by atoms with E-state index in [0.29, 0.717) is 0 Å². The second-order valence-corrected chi connectivity index (χ2v) is 6.95. The minimum atomic E-state index is -0.184. The van der Waals surface area contributed by atoms with E-state index in [1.807, 2.05) is 0 Å². The molecule has 3 rings (SSSR count). The first-order valence-electron chi connectivity index (χ1n) is 8.31. The molecule has 0 spiro atoms. The highest BCUT2D eigenvalue weighted by atomic mass is 16.6. The van der Waals surface area contributed by atoms with Crippen LogP contribution < -0.4 is 5.32 Å². The van der Waals surface area contributed by atoms with Gasteiger partial charge in [0.2, 0.25) is 0 Å². The van der Waals surface area contributed by atoms with Gasteiger partial charge in [0.25, 0.3) is 0 Å². The maximum atomic E-state index is 12.1. The van der Waals surface area contributed by atoms with E-state index >= 15 is 0 Å². The molecule has 3 aliphatic heterocycles. The summed E-state index contributed by atoms with van der Waals surface area (Å²) >= 11 is 0. The summed E-state index contributed by atoms with van der Waals surface area (Å²) in [6.45, 7) is 10.1. The molecule has 0 aromatic heterocycles. The highest BCUT2D eigenvalue weighted by Gasteiger charge is 2.46. The summed E-state index contributed by atoms with van der Waals surface area (Å²) in [6, 6.07) is 0. The van der Waals surface area contributed by atoms with Gasteiger partial charge >= 0.3 is 5.97 Å². The van der Waals surface area contributed by atoms with Crippen LogP contribution >= 0.6 is 0 Å². The number of esters is 1. The predicted octanol–water partition coefficient (Wildman–Crippen LogP) is 1.65. The molecule has 20 heavy (non-hydrogen) atoms. The van der Waals surface area contributed by atoms with Crippen molar-refractivity contribution in [1.29, 1.82) is 0 Å². The van der Waals surface area contributed by atoms with Crippen molar-refractivity contribution in [2.45, 2.75) is 45.6 Å². The molecule has 0 aromatic carbocycles. The predicted molar refractivity (Wildman–Crippen MR) is 78.4 cm³/mol. The molecule has 4 heteroatoms. The molecule has 3 atom stereocenters. The monoisotopic (exact) mass is 280 g/mol. The summed E-state index contributed by atoms with van der Waals surface area (Å²) in [7, 11) is 0. The van der Waals surface area contributed by atoms with Crippen molar-refractivity contribution in [1.82, 2.24) is 10.2 Å². The lowest BCUT2D eigenvalue weighted by Crippen LogP contribution is -2.29. The van der Waals surface area contributed by atoms with Gasteiger partial charge in [-0.1, -0.05) is 13.8 Å². The molecule has 0 radical (unpaired) electrons. The van der Waals surface area contributed by atoms with Crippen LogP contribution in [0, 0.1) is 17.3 Å². The van der Waals surface area contributed by atoms with Crippen LogP contribution in [0.1, 0.15) is 39.5 Å². The Balaban J connectivity index is 1.47. The zero-order valence-corrected chi connectivity index (χ0v) is 12.9. The normalized spacial score (nSPS) is 36.3. The number of ether oxygens (including phenoxy) is 1. The van der Waals surface area contributed by atoms with Crippen LogP contribution in [0.25, 0.3) is 0 Å². The first kappa shape index (κ1) is 14.3. The Morgan fingerprint density at radius 1 is 1.25 bits per heavy atom. The Kier molecular flexibility index (Phi) is 4.04. The van der Waals surface area contributed by atoms with Crippen molar-refractivity contribution in [3.05, 3.63) is 0 Å². The average Bonchev–Trinajstić information content (AvgIpc) is 3.09. The Labute approximate surface area is 122 Å². The van der Waals surface area contributed by atoms with E-state index in [1.165, 1.54) is 26.2 Å². The number of nitrogens with one attached hydrogen (secondary N) is 1. The lowest BCUT2D eigenvalue weighted by Gasteiger charge is -2.21. The van der Waals surface area contributed by atoms with Gasteiger partial charge in [-0.25, -0.2) is 0 Å². The standard InChI is InChI=1S/C16H28N2O2/c1-3-16(4-2)7-14(20-15(16)19)5-6-18-10-12-8-17-9-13(12)11-18/h12-14,17H,3-11H2,1-2H3. The Bertz CT molecular complexity index is 355. The van der Waals surface area contributed by atoms with E-state index in [2.05, 4.69) is 24.1 Å². The van der Waals surface area contributed by atoms with Crippen LogP contribution in [-0.2, 0) is 9.53 Å². The molecular weight excluding hydrogens is 252 g/mol. The van der Waals surface area contributed by atoms with Crippen LogP contribution in [0.5, 0.6) is 0 Å². The van der Waals surface area contributed by atoms with E-state index in [9.17, 15) is 4.79 Å². The van der Waals surface area contributed by atoms with Crippen LogP contribution in [-0.4, -0.2) is 49.7 Å². The molecule has 0 aliphatic carbocycles. The van der Waals surface area contributed by atoms with Crippen molar-refractivity contribution in [3.8, 4) is 0 Å². The minimum absolute atomic E-state index is 0.0509. The first-order chi connectivity index (χ1) is 9.66. The number of cyclic esters (lactones) is 1. The molecular formula is C16H28N2O2. The Hall–Kier alpha value is -0.610. The first-order valence-corrected chi connectivity index (χ1v) is 8.31. The molecule has 0 aromatic rings. The SMILES string of the molecule is CCC1(CC)CC(CCN2CC3CNCC3C2)OC1=O. The van der Waals surface area contributed by atoms with Gasteiger partial charge in [-0.15, -0.1) is 0 Å². The van der Waals surface area contributed by atoms with Crippen molar-refractivity contribution in [2.24, 2.45) is 17.3 Å². The van der Waals surface area contributed by atoms with Crippen LogP contribution in [0.15, 0.2) is 0 Å². The molecule has 0 amide bonds. The molecule has 3 saturated heterocycles. The fraction of sp³-hybridized carbons (Fsp3) is 0.938. The lowest BCUT2D eigenvalue weighted by molar-refractivity contribution is -0.149. The van der Waals surface area contributed by atoms with E-state index < -0.39 is 0 Å². The summed E-state index contributed by atoms with van der Waals surface area (Å²) in [5.41, 5.74) is -0.184. The zero-order valence-electron chi connectivity index (χ0n) is 12.9. The maximum absolute atomic E-state index is 12.1. The Morgan fingerprint density at radius 2 is 1.90 bits per heavy atom. The fourth-order valence-corrected chi connectivity index (χ4v) is 4.29. The number of carbonyl (C=O) groups is 1. The van der Waals surface area contributed by atoms with Gasteiger partial charge in [0.15, 0.2) is 0 Å². The third kappa shape index (κ3) is 2.48. The zero-order chi connectivity index (χ0) is 14.2. The highest BCUT2D eigenvalue weighted by molar-refractivity contribution is 5.78. The summed E-state index contributed by atoms with van der Waals surface area (Å²) in [4.78, 5) is 14.7. The van der Waals surface area contributed by atoms with Gasteiger partial charge in [0.1, 0.15) is 6.10 Å². The number of fused-ring (bicyclic) bond motifs is 1. The van der Waals surface area contributed by atoms with Crippen molar-refractivity contribution >= 4 is 5.97 Å². The molecule has 1 N–H and O–H groups in total. The smallest absolute Gasteiger partial charge is 0.312 e. The van der Waals surface area contributed by atoms with Gasteiger partial charge < -0.3 is 15.0 Å². The fourth-order valence-electron chi connectivity index (χ4n) is 4.29. The minimum Gasteiger partial charge on any atom is -0.462 e. The molecule has 0 bridgehead atoms. The van der Waals surface area contributed by atoms with E-state index in [4.69, 9.17) is 4.74 Å². The number of rotatable bonds is 5. The summed E-state index contributed by atoms with van der Waals surface area (Å²) in [5, 5.41) is 3.48. The lowest BCUT2D eigenvalue weighted by atomic mass is 9.79. The molecule has 3 heterocycles. The van der Waals surface area contributed by atoms with E-state index in [-0.39, 0.29) is 17.5 Å². The van der Waals surface area contributed by atoms with Crippen molar-refractivity contribution < 1.29 is 9.53 Å². The topological polar surface area (TPSA) is 41.6 Å². The van der Waals surface area contributed by atoms with E-state index in [0.717, 1.165) is 44.1 Å². The molecule has 3 unspecified atom stereocenters.